The lowest BCUT2D eigenvalue weighted by Gasteiger charge is -2.17. The SMILES string of the molecule is CN1CCCCCCOCCOCc2cccc(c2)NC(=O)c2nc(cnc2N)-c2ccc(cc2)S1(=O)=O. The highest BCUT2D eigenvalue weighted by atomic mass is 32.2. The van der Waals surface area contributed by atoms with Crippen LogP contribution < -0.4 is 11.1 Å². The molecule has 0 saturated heterocycles. The van der Waals surface area contributed by atoms with Gasteiger partial charge in [-0.3, -0.25) is 4.79 Å². The molecule has 0 atom stereocenters. The van der Waals surface area contributed by atoms with Crippen molar-refractivity contribution < 1.29 is 22.7 Å². The van der Waals surface area contributed by atoms with Crippen molar-refractivity contribution in [3.8, 4) is 11.3 Å². The van der Waals surface area contributed by atoms with Gasteiger partial charge in [0.25, 0.3) is 5.91 Å². The molecule has 38 heavy (non-hydrogen) atoms. The van der Waals surface area contributed by atoms with Crippen LogP contribution in [0, 0.1) is 0 Å². The summed E-state index contributed by atoms with van der Waals surface area (Å²) in [7, 11) is -2.04. The van der Waals surface area contributed by atoms with Gasteiger partial charge >= 0.3 is 0 Å². The maximum absolute atomic E-state index is 13.0. The van der Waals surface area contributed by atoms with E-state index in [1.165, 1.54) is 22.6 Å². The molecule has 2 aliphatic heterocycles. The quantitative estimate of drug-likeness (QED) is 0.441. The van der Waals surface area contributed by atoms with Gasteiger partial charge in [-0.25, -0.2) is 22.7 Å². The number of carbonyl (C=O) groups excluding carboxylic acids is 1. The summed E-state index contributed by atoms with van der Waals surface area (Å²) in [4.78, 5) is 21.7. The normalized spacial score (nSPS) is 18.2. The van der Waals surface area contributed by atoms with Gasteiger partial charge in [-0.2, -0.15) is 0 Å². The van der Waals surface area contributed by atoms with E-state index in [-0.39, 0.29) is 16.4 Å². The van der Waals surface area contributed by atoms with E-state index in [1.807, 2.05) is 18.2 Å². The van der Waals surface area contributed by atoms with E-state index in [1.54, 1.807) is 25.2 Å². The Labute approximate surface area is 223 Å². The first-order valence-corrected chi connectivity index (χ1v) is 14.0. The number of nitrogen functional groups attached to an aromatic ring is 1. The van der Waals surface area contributed by atoms with Crippen molar-refractivity contribution in [2.75, 3.05) is 44.5 Å². The van der Waals surface area contributed by atoms with E-state index < -0.39 is 15.9 Å². The molecule has 1 aromatic heterocycles. The minimum absolute atomic E-state index is 0.0103. The van der Waals surface area contributed by atoms with Crippen molar-refractivity contribution in [3.05, 3.63) is 66.0 Å². The number of ether oxygens (including phenoxy) is 2. The fourth-order valence-corrected chi connectivity index (χ4v) is 5.24. The van der Waals surface area contributed by atoms with Crippen molar-refractivity contribution >= 4 is 27.4 Å². The van der Waals surface area contributed by atoms with E-state index in [0.717, 1.165) is 31.2 Å². The molecule has 0 saturated carbocycles. The van der Waals surface area contributed by atoms with Crippen LogP contribution in [0.5, 0.6) is 0 Å². The molecule has 3 aromatic rings. The molecule has 0 unspecified atom stereocenters. The van der Waals surface area contributed by atoms with E-state index in [0.29, 0.717) is 49.9 Å². The van der Waals surface area contributed by atoms with Crippen LogP contribution in [-0.2, 0) is 26.1 Å². The van der Waals surface area contributed by atoms with Gasteiger partial charge < -0.3 is 20.5 Å². The summed E-state index contributed by atoms with van der Waals surface area (Å²) < 4.78 is 38.7. The minimum atomic E-state index is -3.63. The number of carbonyl (C=O) groups is 1. The lowest BCUT2D eigenvalue weighted by atomic mass is 10.1. The summed E-state index contributed by atoms with van der Waals surface area (Å²) in [6.07, 6.45) is 5.01. The van der Waals surface area contributed by atoms with Crippen molar-refractivity contribution in [3.63, 3.8) is 0 Å². The van der Waals surface area contributed by atoms with Crippen LogP contribution in [0.3, 0.4) is 0 Å². The fraction of sp³-hybridized carbons (Fsp3) is 0.370. The van der Waals surface area contributed by atoms with Gasteiger partial charge in [-0.1, -0.05) is 37.1 Å². The van der Waals surface area contributed by atoms with Crippen molar-refractivity contribution in [2.45, 2.75) is 37.2 Å². The second kappa shape index (κ2) is 12.9. The number of nitrogens with zero attached hydrogens (tertiary/aromatic N) is 3. The van der Waals surface area contributed by atoms with Gasteiger partial charge in [0.05, 0.1) is 36.6 Å². The van der Waals surface area contributed by atoms with Crippen LogP contribution in [0.25, 0.3) is 11.3 Å². The summed E-state index contributed by atoms with van der Waals surface area (Å²) >= 11 is 0. The fourth-order valence-electron chi connectivity index (χ4n) is 4.03. The van der Waals surface area contributed by atoms with E-state index in [2.05, 4.69) is 15.3 Å². The Kier molecular flexibility index (Phi) is 9.40. The number of fused-ring (bicyclic) bond motifs is 15. The summed E-state index contributed by atoms with van der Waals surface area (Å²) in [5.41, 5.74) is 8.43. The molecule has 3 N–H and O–H groups in total. The maximum atomic E-state index is 13.0. The Hall–Kier alpha value is -3.38. The van der Waals surface area contributed by atoms with Crippen LogP contribution >= 0.6 is 0 Å². The highest BCUT2D eigenvalue weighted by Gasteiger charge is 2.21. The molecule has 0 radical (unpaired) electrons. The van der Waals surface area contributed by atoms with Gasteiger partial charge in [-0.15, -0.1) is 0 Å². The van der Waals surface area contributed by atoms with Crippen LogP contribution in [0.4, 0.5) is 11.5 Å². The summed E-state index contributed by atoms with van der Waals surface area (Å²) in [6.45, 7) is 2.40. The van der Waals surface area contributed by atoms with Gasteiger partial charge in [-0.05, 0) is 42.7 Å². The van der Waals surface area contributed by atoms with Crippen molar-refractivity contribution in [1.82, 2.24) is 14.3 Å². The highest BCUT2D eigenvalue weighted by Crippen LogP contribution is 2.23. The molecule has 0 aliphatic carbocycles. The third kappa shape index (κ3) is 7.13. The molecule has 0 fully saturated rings. The van der Waals surface area contributed by atoms with Crippen LogP contribution in [-0.4, -0.2) is 62.0 Å². The largest absolute Gasteiger partial charge is 0.382 e. The van der Waals surface area contributed by atoms with Gasteiger partial charge in [0.2, 0.25) is 10.0 Å². The predicted molar refractivity (Wildman–Crippen MR) is 145 cm³/mol. The predicted octanol–water partition coefficient (Wildman–Crippen LogP) is 3.71. The average molecular weight is 540 g/mol. The maximum Gasteiger partial charge on any atom is 0.278 e. The van der Waals surface area contributed by atoms with Crippen LogP contribution in [0.2, 0.25) is 0 Å². The van der Waals surface area contributed by atoms with Gasteiger partial charge in [0, 0.05) is 31.5 Å². The Morgan fingerprint density at radius 2 is 1.74 bits per heavy atom. The number of amides is 1. The summed E-state index contributed by atoms with van der Waals surface area (Å²) in [5.74, 6) is -0.515. The Balaban J connectivity index is 1.58. The molecular weight excluding hydrogens is 506 g/mol. The molecule has 10 nitrogen and oxygen atoms in total. The number of nitrogens with two attached hydrogens (primary N) is 1. The van der Waals surface area contributed by atoms with E-state index in [4.69, 9.17) is 15.2 Å². The number of hydrogen-bond donors (Lipinski definition) is 2. The second-order valence-corrected chi connectivity index (χ2v) is 11.1. The molecule has 1 amide bonds. The standard InChI is InChI=1S/C27H33N5O5S/c1-32-13-4-2-3-5-14-36-15-16-37-19-20-7-6-8-22(17-20)30-27(33)25-26(28)29-18-24(31-25)21-9-11-23(12-10-21)38(32,34)35/h6-12,17-18H,2-5,13-16,19H2,1H3,(H2,28,29)(H,30,33). The highest BCUT2D eigenvalue weighted by molar-refractivity contribution is 7.89. The Morgan fingerprint density at radius 3 is 2.55 bits per heavy atom. The lowest BCUT2D eigenvalue weighted by Crippen LogP contribution is -2.28. The van der Waals surface area contributed by atoms with Gasteiger partial charge in [0.1, 0.15) is 0 Å². The van der Waals surface area contributed by atoms with Crippen LogP contribution in [0.15, 0.2) is 59.6 Å². The monoisotopic (exact) mass is 539 g/mol. The Bertz CT molecular complexity index is 1350. The molecule has 2 aliphatic rings. The number of benzene rings is 2. The zero-order valence-corrected chi connectivity index (χ0v) is 22.2. The van der Waals surface area contributed by atoms with E-state index >= 15 is 0 Å². The average Bonchev–Trinajstić information content (AvgIpc) is 2.91. The van der Waals surface area contributed by atoms with Crippen LogP contribution in [0.1, 0.15) is 41.7 Å². The zero-order valence-electron chi connectivity index (χ0n) is 21.4. The molecule has 2 aromatic carbocycles. The number of anilines is 2. The third-order valence-corrected chi connectivity index (χ3v) is 8.08. The molecule has 6 bridgehead atoms. The smallest absolute Gasteiger partial charge is 0.278 e. The number of sulfonamides is 1. The molecule has 11 heteroatoms. The molecule has 3 heterocycles. The van der Waals surface area contributed by atoms with Gasteiger partial charge in [0.15, 0.2) is 11.5 Å². The second-order valence-electron chi connectivity index (χ2n) is 9.07. The Morgan fingerprint density at radius 1 is 0.974 bits per heavy atom. The molecule has 202 valence electrons. The molecule has 0 spiro atoms. The molecule has 5 rings (SSSR count). The first-order valence-electron chi connectivity index (χ1n) is 12.6. The third-order valence-electron chi connectivity index (χ3n) is 6.21. The van der Waals surface area contributed by atoms with Crippen molar-refractivity contribution in [2.24, 2.45) is 0 Å². The number of nitrogens with one attached hydrogen (secondary N) is 1. The topological polar surface area (TPSA) is 137 Å². The number of aromatic nitrogens is 2. The zero-order chi connectivity index (χ0) is 27.0. The molecular formula is C27H33N5O5S. The number of hydrogen-bond acceptors (Lipinski definition) is 8. The number of rotatable bonds is 0. The first-order chi connectivity index (χ1) is 18.3. The van der Waals surface area contributed by atoms with Crippen molar-refractivity contribution in [1.29, 1.82) is 0 Å². The summed E-state index contributed by atoms with van der Waals surface area (Å²) in [6, 6.07) is 13.7. The summed E-state index contributed by atoms with van der Waals surface area (Å²) in [5, 5.41) is 2.81. The van der Waals surface area contributed by atoms with E-state index in [9.17, 15) is 13.2 Å². The minimum Gasteiger partial charge on any atom is -0.382 e. The first kappa shape index (κ1) is 27.6. The lowest BCUT2D eigenvalue weighted by molar-refractivity contribution is 0.0393.